The SMILES string of the molecule is N#C/C(=N\Nc1ccccc1Cl)C(=O)c1ccccc1OC(F)(F)F. The van der Waals surface area contributed by atoms with Crippen molar-refractivity contribution in [3.8, 4) is 11.8 Å². The molecule has 0 spiro atoms. The molecule has 0 aliphatic carbocycles. The number of Topliss-reactive ketones (excluding diaryl/α,β-unsaturated/α-hetero) is 1. The van der Waals surface area contributed by atoms with Crippen LogP contribution in [0.1, 0.15) is 10.4 Å². The van der Waals surface area contributed by atoms with Crippen LogP contribution < -0.4 is 10.2 Å². The van der Waals surface area contributed by atoms with Gasteiger partial charge in [-0.3, -0.25) is 10.2 Å². The summed E-state index contributed by atoms with van der Waals surface area (Å²) in [6.45, 7) is 0. The van der Waals surface area contributed by atoms with E-state index >= 15 is 0 Å². The van der Waals surface area contributed by atoms with Crippen molar-refractivity contribution in [2.24, 2.45) is 5.10 Å². The Labute approximate surface area is 145 Å². The van der Waals surface area contributed by atoms with Gasteiger partial charge in [0.2, 0.25) is 11.5 Å². The third-order valence-electron chi connectivity index (χ3n) is 2.84. The Morgan fingerprint density at radius 2 is 1.80 bits per heavy atom. The Morgan fingerprint density at radius 1 is 1.16 bits per heavy atom. The Hall–Kier alpha value is -3.05. The number of halogens is 4. The molecule has 0 radical (unpaired) electrons. The first-order chi connectivity index (χ1) is 11.8. The molecule has 0 saturated heterocycles. The van der Waals surface area contributed by atoms with E-state index in [9.17, 15) is 18.0 Å². The summed E-state index contributed by atoms with van der Waals surface area (Å²) < 4.78 is 41.1. The number of hydrazone groups is 1. The largest absolute Gasteiger partial charge is 0.573 e. The fraction of sp³-hybridized carbons (Fsp3) is 0.0625. The van der Waals surface area contributed by atoms with Gasteiger partial charge in [-0.1, -0.05) is 35.9 Å². The number of para-hydroxylation sites is 2. The molecule has 0 fully saturated rings. The minimum Gasteiger partial charge on any atom is -0.405 e. The highest BCUT2D eigenvalue weighted by Gasteiger charge is 2.33. The van der Waals surface area contributed by atoms with Gasteiger partial charge in [0.15, 0.2) is 0 Å². The number of ether oxygens (including phenoxy) is 1. The molecule has 0 atom stereocenters. The Bertz CT molecular complexity index is 860. The molecular formula is C16H9ClF3N3O2. The van der Waals surface area contributed by atoms with Gasteiger partial charge in [-0.25, -0.2) is 0 Å². The number of ketones is 1. The van der Waals surface area contributed by atoms with E-state index in [-0.39, 0.29) is 5.02 Å². The number of benzene rings is 2. The molecule has 25 heavy (non-hydrogen) atoms. The number of hydrogen-bond acceptors (Lipinski definition) is 5. The van der Waals surface area contributed by atoms with Crippen LogP contribution in [0, 0.1) is 11.3 Å². The highest BCUT2D eigenvalue weighted by molar-refractivity contribution is 6.51. The molecule has 0 amide bonds. The Morgan fingerprint density at radius 3 is 2.44 bits per heavy atom. The highest BCUT2D eigenvalue weighted by Crippen LogP contribution is 2.27. The lowest BCUT2D eigenvalue weighted by atomic mass is 10.1. The zero-order valence-electron chi connectivity index (χ0n) is 12.3. The van der Waals surface area contributed by atoms with Crippen LogP contribution in [0.25, 0.3) is 0 Å². The molecule has 2 aromatic carbocycles. The standard InChI is InChI=1S/C16H9ClF3N3O2/c17-11-6-2-3-7-12(11)22-23-13(9-21)15(24)10-5-1-4-8-14(10)25-16(18,19)20/h1-8,22H/b23-13+. The van der Waals surface area contributed by atoms with Crippen LogP contribution in [0.2, 0.25) is 5.02 Å². The minimum absolute atomic E-state index is 0.289. The van der Waals surface area contributed by atoms with E-state index in [4.69, 9.17) is 16.9 Å². The number of carbonyl (C=O) groups is 1. The molecule has 5 nitrogen and oxygen atoms in total. The van der Waals surface area contributed by atoms with Crippen molar-refractivity contribution in [2.75, 3.05) is 5.43 Å². The summed E-state index contributed by atoms with van der Waals surface area (Å²) in [6, 6.07) is 12.6. The van der Waals surface area contributed by atoms with Crippen LogP contribution in [0.15, 0.2) is 53.6 Å². The number of nitrogens with zero attached hydrogens (tertiary/aromatic N) is 2. The molecule has 128 valence electrons. The van der Waals surface area contributed by atoms with E-state index < -0.39 is 29.2 Å². The topological polar surface area (TPSA) is 74.5 Å². The van der Waals surface area contributed by atoms with Crippen molar-refractivity contribution in [3.63, 3.8) is 0 Å². The van der Waals surface area contributed by atoms with Gasteiger partial charge in [0.05, 0.1) is 16.3 Å². The Balaban J connectivity index is 2.30. The monoisotopic (exact) mass is 367 g/mol. The molecule has 0 saturated carbocycles. The van der Waals surface area contributed by atoms with Crippen molar-refractivity contribution in [1.82, 2.24) is 0 Å². The maximum Gasteiger partial charge on any atom is 0.573 e. The zero-order valence-corrected chi connectivity index (χ0v) is 13.1. The van der Waals surface area contributed by atoms with E-state index in [1.165, 1.54) is 18.2 Å². The van der Waals surface area contributed by atoms with Crippen LogP contribution in [0.5, 0.6) is 5.75 Å². The van der Waals surface area contributed by atoms with Crippen molar-refractivity contribution >= 4 is 28.8 Å². The van der Waals surface area contributed by atoms with E-state index in [0.717, 1.165) is 12.1 Å². The number of nitrogens with one attached hydrogen (secondary N) is 1. The second-order valence-electron chi connectivity index (χ2n) is 4.54. The summed E-state index contributed by atoms with van der Waals surface area (Å²) in [5, 5.41) is 13.0. The number of hydrogen-bond donors (Lipinski definition) is 1. The van der Waals surface area contributed by atoms with Gasteiger partial charge in [-0.15, -0.1) is 13.2 Å². The molecule has 2 aromatic rings. The first-order valence-corrected chi connectivity index (χ1v) is 7.07. The number of alkyl halides is 3. The number of nitriles is 1. The third kappa shape index (κ3) is 4.96. The minimum atomic E-state index is -4.98. The zero-order chi connectivity index (χ0) is 18.4. The summed E-state index contributed by atoms with van der Waals surface area (Å²) in [5.74, 6) is -1.75. The first kappa shape index (κ1) is 18.3. The summed E-state index contributed by atoms with van der Waals surface area (Å²) in [6.07, 6.45) is -4.98. The molecule has 0 aliphatic heterocycles. The quantitative estimate of drug-likeness (QED) is 0.482. The maximum absolute atomic E-state index is 12.4. The average molecular weight is 368 g/mol. The fourth-order valence-electron chi connectivity index (χ4n) is 1.79. The van der Waals surface area contributed by atoms with E-state index in [0.29, 0.717) is 5.69 Å². The van der Waals surface area contributed by atoms with Crippen molar-refractivity contribution in [3.05, 3.63) is 59.1 Å². The number of anilines is 1. The number of rotatable bonds is 5. The molecule has 2 rings (SSSR count). The molecule has 0 heterocycles. The lowest BCUT2D eigenvalue weighted by Crippen LogP contribution is -2.21. The van der Waals surface area contributed by atoms with Gasteiger partial charge in [0.25, 0.3) is 0 Å². The summed E-state index contributed by atoms with van der Waals surface area (Å²) >= 11 is 5.90. The summed E-state index contributed by atoms with van der Waals surface area (Å²) in [4.78, 5) is 12.3. The normalized spacial score (nSPS) is 11.6. The van der Waals surface area contributed by atoms with Crippen LogP contribution in [-0.2, 0) is 0 Å². The lowest BCUT2D eigenvalue weighted by molar-refractivity contribution is -0.274. The van der Waals surface area contributed by atoms with Crippen molar-refractivity contribution in [1.29, 1.82) is 5.26 Å². The van der Waals surface area contributed by atoms with Gasteiger partial charge < -0.3 is 4.74 Å². The predicted molar refractivity (Wildman–Crippen MR) is 85.6 cm³/mol. The Kier molecular flexibility index (Phi) is 5.62. The summed E-state index contributed by atoms with van der Waals surface area (Å²) in [5.41, 5.74) is 1.66. The third-order valence-corrected chi connectivity index (χ3v) is 3.17. The fourth-order valence-corrected chi connectivity index (χ4v) is 1.97. The van der Waals surface area contributed by atoms with Crippen LogP contribution >= 0.6 is 11.6 Å². The van der Waals surface area contributed by atoms with Gasteiger partial charge in [-0.05, 0) is 24.3 Å². The lowest BCUT2D eigenvalue weighted by Gasteiger charge is -2.12. The van der Waals surface area contributed by atoms with Gasteiger partial charge in [-0.2, -0.15) is 10.4 Å². The van der Waals surface area contributed by atoms with Crippen LogP contribution in [0.4, 0.5) is 18.9 Å². The smallest absolute Gasteiger partial charge is 0.405 e. The van der Waals surface area contributed by atoms with E-state index in [1.807, 2.05) is 0 Å². The van der Waals surface area contributed by atoms with Crippen molar-refractivity contribution in [2.45, 2.75) is 6.36 Å². The van der Waals surface area contributed by atoms with Gasteiger partial charge >= 0.3 is 6.36 Å². The molecule has 9 heteroatoms. The van der Waals surface area contributed by atoms with Crippen LogP contribution in [-0.4, -0.2) is 17.9 Å². The molecule has 0 aromatic heterocycles. The van der Waals surface area contributed by atoms with Gasteiger partial charge in [0, 0.05) is 0 Å². The molecule has 0 bridgehead atoms. The van der Waals surface area contributed by atoms with E-state index in [1.54, 1.807) is 24.3 Å². The average Bonchev–Trinajstić information content (AvgIpc) is 2.56. The molecule has 0 aliphatic rings. The second kappa shape index (κ2) is 7.68. The van der Waals surface area contributed by atoms with Gasteiger partial charge in [0.1, 0.15) is 11.8 Å². The second-order valence-corrected chi connectivity index (χ2v) is 4.94. The highest BCUT2D eigenvalue weighted by atomic mass is 35.5. The molecular weight excluding hydrogens is 359 g/mol. The maximum atomic E-state index is 12.4. The predicted octanol–water partition coefficient (Wildman–Crippen LogP) is 4.41. The van der Waals surface area contributed by atoms with E-state index in [2.05, 4.69) is 15.3 Å². The van der Waals surface area contributed by atoms with Crippen molar-refractivity contribution < 1.29 is 22.7 Å². The van der Waals surface area contributed by atoms with Crippen LogP contribution in [0.3, 0.4) is 0 Å². The molecule has 1 N–H and O–H groups in total. The number of carbonyl (C=O) groups excluding carboxylic acids is 1. The molecule has 0 unspecified atom stereocenters. The first-order valence-electron chi connectivity index (χ1n) is 6.69. The summed E-state index contributed by atoms with van der Waals surface area (Å²) in [7, 11) is 0.